The molecule has 2 heterocycles. The predicted octanol–water partition coefficient (Wildman–Crippen LogP) is 3.49. The maximum atomic E-state index is 12.3. The third kappa shape index (κ3) is 4.92. The van der Waals surface area contributed by atoms with E-state index in [0.717, 1.165) is 16.8 Å². The van der Waals surface area contributed by atoms with Crippen LogP contribution in [0.3, 0.4) is 0 Å². The van der Waals surface area contributed by atoms with Gasteiger partial charge in [0, 0.05) is 42.8 Å². The number of carbonyl (C=O) groups is 1. The summed E-state index contributed by atoms with van der Waals surface area (Å²) in [6, 6.07) is 10.5. The molecule has 0 aliphatic carbocycles. The van der Waals surface area contributed by atoms with E-state index in [4.69, 9.17) is 14.2 Å². The lowest BCUT2D eigenvalue weighted by molar-refractivity contribution is 0.251. The number of nitrogens with zero attached hydrogens (tertiary/aromatic N) is 2. The first-order chi connectivity index (χ1) is 14.1. The molecule has 0 aliphatic heterocycles. The van der Waals surface area contributed by atoms with E-state index in [9.17, 15) is 4.79 Å². The second kappa shape index (κ2) is 9.41. The summed E-state index contributed by atoms with van der Waals surface area (Å²) in [5.74, 6) is 1.37. The number of rotatable bonds is 7. The van der Waals surface area contributed by atoms with Gasteiger partial charge in [-0.1, -0.05) is 0 Å². The van der Waals surface area contributed by atoms with Gasteiger partial charge in [-0.15, -0.1) is 0 Å². The largest absolute Gasteiger partial charge is 0.493 e. The van der Waals surface area contributed by atoms with Gasteiger partial charge in [-0.25, -0.2) is 4.79 Å². The molecule has 0 spiro atoms. The van der Waals surface area contributed by atoms with Gasteiger partial charge in [-0.2, -0.15) is 0 Å². The summed E-state index contributed by atoms with van der Waals surface area (Å²) >= 11 is 0. The van der Waals surface area contributed by atoms with Gasteiger partial charge in [-0.05, 0) is 29.8 Å². The van der Waals surface area contributed by atoms with Crippen molar-refractivity contribution >= 4 is 11.7 Å². The van der Waals surface area contributed by atoms with Crippen LogP contribution >= 0.6 is 0 Å². The van der Waals surface area contributed by atoms with E-state index < -0.39 is 0 Å². The summed E-state index contributed by atoms with van der Waals surface area (Å²) in [6.07, 6.45) is 5.16. The van der Waals surface area contributed by atoms with Crippen LogP contribution in [0.1, 0.15) is 5.56 Å². The molecule has 0 atom stereocenters. The lowest BCUT2D eigenvalue weighted by Gasteiger charge is -2.15. The standard InChI is InChI=1S/C21H22N4O4/c1-27-18-10-16(11-19(28-2)20(18)29-3)25-21(26)24-12-14-6-8-23-17(9-14)15-5-4-7-22-13-15/h4-11,13H,12H2,1-3H3,(H2,24,25,26). The molecular weight excluding hydrogens is 372 g/mol. The molecule has 0 saturated heterocycles. The molecule has 2 N–H and O–H groups in total. The SMILES string of the molecule is COc1cc(NC(=O)NCc2ccnc(-c3cccnc3)c2)cc(OC)c1OC. The fraction of sp³-hybridized carbons (Fsp3) is 0.190. The minimum absolute atomic E-state index is 0.339. The second-order valence-corrected chi connectivity index (χ2v) is 6.01. The van der Waals surface area contributed by atoms with Crippen molar-refractivity contribution in [3.63, 3.8) is 0 Å². The van der Waals surface area contributed by atoms with E-state index >= 15 is 0 Å². The molecule has 1 aromatic carbocycles. The monoisotopic (exact) mass is 394 g/mol. The molecule has 0 unspecified atom stereocenters. The fourth-order valence-corrected chi connectivity index (χ4v) is 2.77. The Morgan fingerprint density at radius 3 is 2.38 bits per heavy atom. The van der Waals surface area contributed by atoms with Gasteiger partial charge in [0.15, 0.2) is 11.5 Å². The van der Waals surface area contributed by atoms with Crippen molar-refractivity contribution in [2.24, 2.45) is 0 Å². The number of benzene rings is 1. The Bertz CT molecular complexity index is 954. The number of pyridine rings is 2. The van der Waals surface area contributed by atoms with Crippen LogP contribution in [-0.4, -0.2) is 37.3 Å². The smallest absolute Gasteiger partial charge is 0.319 e. The van der Waals surface area contributed by atoms with Crippen LogP contribution in [0.2, 0.25) is 0 Å². The molecule has 0 aliphatic rings. The average Bonchev–Trinajstić information content (AvgIpc) is 2.77. The molecule has 2 amide bonds. The molecule has 0 bridgehead atoms. The van der Waals surface area contributed by atoms with Crippen LogP contribution in [0.25, 0.3) is 11.3 Å². The molecule has 8 heteroatoms. The summed E-state index contributed by atoms with van der Waals surface area (Å²) in [6.45, 7) is 0.339. The summed E-state index contributed by atoms with van der Waals surface area (Å²) in [7, 11) is 4.56. The van der Waals surface area contributed by atoms with Crippen molar-refractivity contribution in [3.8, 4) is 28.5 Å². The van der Waals surface area contributed by atoms with E-state index in [2.05, 4.69) is 20.6 Å². The highest BCUT2D eigenvalue weighted by Crippen LogP contribution is 2.39. The number of anilines is 1. The first-order valence-electron chi connectivity index (χ1n) is 8.84. The molecule has 0 fully saturated rings. The molecule has 8 nitrogen and oxygen atoms in total. The summed E-state index contributed by atoms with van der Waals surface area (Å²) < 4.78 is 15.9. The Labute approximate surface area is 168 Å². The van der Waals surface area contributed by atoms with Crippen molar-refractivity contribution in [2.75, 3.05) is 26.6 Å². The number of hydrogen-bond acceptors (Lipinski definition) is 6. The quantitative estimate of drug-likeness (QED) is 0.637. The van der Waals surface area contributed by atoms with Crippen molar-refractivity contribution in [1.29, 1.82) is 0 Å². The van der Waals surface area contributed by atoms with E-state index in [0.29, 0.717) is 29.5 Å². The minimum atomic E-state index is -0.362. The van der Waals surface area contributed by atoms with Gasteiger partial charge >= 0.3 is 6.03 Å². The molecule has 0 radical (unpaired) electrons. The number of urea groups is 1. The summed E-state index contributed by atoms with van der Waals surface area (Å²) in [5, 5.41) is 5.59. The molecule has 2 aromatic heterocycles. The highest BCUT2D eigenvalue weighted by molar-refractivity contribution is 5.90. The van der Waals surface area contributed by atoms with E-state index in [1.54, 1.807) is 30.7 Å². The minimum Gasteiger partial charge on any atom is -0.493 e. The van der Waals surface area contributed by atoms with Crippen molar-refractivity contribution in [2.45, 2.75) is 6.54 Å². The highest BCUT2D eigenvalue weighted by Gasteiger charge is 2.14. The van der Waals surface area contributed by atoms with Crippen molar-refractivity contribution in [3.05, 3.63) is 60.6 Å². The lowest BCUT2D eigenvalue weighted by Crippen LogP contribution is -2.28. The number of methoxy groups -OCH3 is 3. The number of ether oxygens (including phenoxy) is 3. The Morgan fingerprint density at radius 2 is 1.76 bits per heavy atom. The van der Waals surface area contributed by atoms with Crippen LogP contribution in [0.4, 0.5) is 10.5 Å². The Balaban J connectivity index is 1.66. The lowest BCUT2D eigenvalue weighted by atomic mass is 10.1. The highest BCUT2D eigenvalue weighted by atomic mass is 16.5. The van der Waals surface area contributed by atoms with Crippen molar-refractivity contribution in [1.82, 2.24) is 15.3 Å². The fourth-order valence-electron chi connectivity index (χ4n) is 2.77. The number of nitrogens with one attached hydrogen (secondary N) is 2. The second-order valence-electron chi connectivity index (χ2n) is 6.01. The normalized spacial score (nSPS) is 10.2. The molecule has 3 rings (SSSR count). The molecule has 150 valence electrons. The zero-order chi connectivity index (χ0) is 20.6. The zero-order valence-electron chi connectivity index (χ0n) is 16.4. The van der Waals surface area contributed by atoms with Gasteiger partial charge in [-0.3, -0.25) is 9.97 Å². The molecular formula is C21H22N4O4. The third-order valence-corrected chi connectivity index (χ3v) is 4.16. The van der Waals surface area contributed by atoms with E-state index in [1.807, 2.05) is 24.3 Å². The molecule has 3 aromatic rings. The Kier molecular flexibility index (Phi) is 6.47. The number of carbonyl (C=O) groups excluding carboxylic acids is 1. The Morgan fingerprint density at radius 1 is 1.00 bits per heavy atom. The van der Waals surface area contributed by atoms with Gasteiger partial charge in [0.1, 0.15) is 0 Å². The van der Waals surface area contributed by atoms with Gasteiger partial charge in [0.2, 0.25) is 5.75 Å². The number of hydrogen-bond donors (Lipinski definition) is 2. The van der Waals surface area contributed by atoms with Crippen molar-refractivity contribution < 1.29 is 19.0 Å². The Hall–Kier alpha value is -3.81. The topological polar surface area (TPSA) is 94.6 Å². The predicted molar refractivity (Wildman–Crippen MR) is 109 cm³/mol. The third-order valence-electron chi connectivity index (χ3n) is 4.16. The maximum Gasteiger partial charge on any atom is 0.319 e. The van der Waals surface area contributed by atoms with Crippen LogP contribution in [0, 0.1) is 0 Å². The van der Waals surface area contributed by atoms with E-state index in [1.165, 1.54) is 21.3 Å². The maximum absolute atomic E-state index is 12.3. The van der Waals surface area contributed by atoms with Gasteiger partial charge in [0.25, 0.3) is 0 Å². The van der Waals surface area contributed by atoms with Crippen LogP contribution < -0.4 is 24.8 Å². The first kappa shape index (κ1) is 19.9. The van der Waals surface area contributed by atoms with Gasteiger partial charge < -0.3 is 24.8 Å². The van der Waals surface area contributed by atoms with Gasteiger partial charge in [0.05, 0.1) is 32.7 Å². The first-order valence-corrected chi connectivity index (χ1v) is 8.84. The molecule has 0 saturated carbocycles. The van der Waals surface area contributed by atoms with Crippen LogP contribution in [0.15, 0.2) is 55.0 Å². The zero-order valence-corrected chi connectivity index (χ0v) is 16.4. The summed E-state index contributed by atoms with van der Waals surface area (Å²) in [5.41, 5.74) is 3.14. The van der Waals surface area contributed by atoms with Crippen LogP contribution in [0.5, 0.6) is 17.2 Å². The van der Waals surface area contributed by atoms with Crippen LogP contribution in [-0.2, 0) is 6.54 Å². The summed E-state index contributed by atoms with van der Waals surface area (Å²) in [4.78, 5) is 20.8. The van der Waals surface area contributed by atoms with E-state index in [-0.39, 0.29) is 6.03 Å². The average molecular weight is 394 g/mol. The molecule has 29 heavy (non-hydrogen) atoms. The number of amides is 2. The number of aromatic nitrogens is 2.